The van der Waals surface area contributed by atoms with Gasteiger partial charge in [-0.25, -0.2) is 4.79 Å². The van der Waals surface area contributed by atoms with Crippen LogP contribution in [0.25, 0.3) is 0 Å². The van der Waals surface area contributed by atoms with Crippen LogP contribution in [-0.4, -0.2) is 17.7 Å². The molecule has 4 heteroatoms. The third-order valence-electron chi connectivity index (χ3n) is 3.49. The molecule has 1 heterocycles. The van der Waals surface area contributed by atoms with Crippen molar-refractivity contribution in [1.29, 1.82) is 0 Å². The zero-order chi connectivity index (χ0) is 15.7. The molecule has 0 aliphatic rings. The topological polar surface area (TPSA) is 46.5 Å². The molecule has 0 amide bonds. The third kappa shape index (κ3) is 6.51. The van der Waals surface area contributed by atoms with E-state index in [0.29, 0.717) is 23.2 Å². The van der Waals surface area contributed by atoms with E-state index in [4.69, 9.17) is 4.74 Å². The van der Waals surface area contributed by atoms with E-state index in [0.717, 1.165) is 17.7 Å². The van der Waals surface area contributed by atoms with E-state index < -0.39 is 5.97 Å². The maximum Gasteiger partial charge on any atom is 0.349 e. The number of carboxylic acid groups (broad SMARTS) is 1. The molecule has 0 radical (unpaired) electrons. The minimum Gasteiger partial charge on any atom is -0.492 e. The Kier molecular flexibility index (Phi) is 8.43. The van der Waals surface area contributed by atoms with E-state index in [1.165, 1.54) is 43.4 Å². The van der Waals surface area contributed by atoms with Crippen molar-refractivity contribution in [3.05, 3.63) is 15.8 Å². The lowest BCUT2D eigenvalue weighted by Crippen LogP contribution is -2.01. The van der Waals surface area contributed by atoms with E-state index in [2.05, 4.69) is 20.8 Å². The van der Waals surface area contributed by atoms with Crippen LogP contribution in [0.1, 0.15) is 86.2 Å². The summed E-state index contributed by atoms with van der Waals surface area (Å²) in [5.41, 5.74) is 0. The second-order valence-corrected chi connectivity index (χ2v) is 6.86. The van der Waals surface area contributed by atoms with Gasteiger partial charge in [0.15, 0.2) is 4.88 Å². The number of ether oxygens (including phenoxy) is 1. The SMILES string of the molecule is CCCCCCCCCOc1cc(C(C)C)sc1C(=O)O. The second-order valence-electron chi connectivity index (χ2n) is 5.77. The minimum atomic E-state index is -0.888. The van der Waals surface area contributed by atoms with Gasteiger partial charge < -0.3 is 9.84 Å². The summed E-state index contributed by atoms with van der Waals surface area (Å²) in [5, 5.41) is 9.21. The number of unbranched alkanes of at least 4 members (excludes halogenated alkanes) is 6. The van der Waals surface area contributed by atoms with Crippen LogP contribution >= 0.6 is 11.3 Å². The summed E-state index contributed by atoms with van der Waals surface area (Å²) in [6.45, 7) is 6.97. The number of hydrogen-bond donors (Lipinski definition) is 1. The average molecular weight is 312 g/mol. The minimum absolute atomic E-state index is 0.335. The van der Waals surface area contributed by atoms with Crippen molar-refractivity contribution in [2.45, 2.75) is 71.6 Å². The number of thiophene rings is 1. The summed E-state index contributed by atoms with van der Waals surface area (Å²) in [7, 11) is 0. The highest BCUT2D eigenvalue weighted by atomic mass is 32.1. The molecule has 3 nitrogen and oxygen atoms in total. The summed E-state index contributed by atoms with van der Waals surface area (Å²) >= 11 is 1.33. The molecule has 1 rings (SSSR count). The fraction of sp³-hybridized carbons (Fsp3) is 0.706. The predicted molar refractivity (Wildman–Crippen MR) is 88.9 cm³/mol. The Labute approximate surface area is 132 Å². The van der Waals surface area contributed by atoms with Crippen molar-refractivity contribution in [2.24, 2.45) is 0 Å². The molecule has 0 aromatic carbocycles. The molecule has 21 heavy (non-hydrogen) atoms. The van der Waals surface area contributed by atoms with Crippen molar-refractivity contribution in [3.8, 4) is 5.75 Å². The molecule has 1 aromatic rings. The molecule has 120 valence electrons. The Balaban J connectivity index is 2.32. The maximum absolute atomic E-state index is 11.2. The van der Waals surface area contributed by atoms with Gasteiger partial charge in [0.05, 0.1) is 6.61 Å². The van der Waals surface area contributed by atoms with Crippen molar-refractivity contribution < 1.29 is 14.6 Å². The van der Waals surface area contributed by atoms with Crippen molar-refractivity contribution in [3.63, 3.8) is 0 Å². The smallest absolute Gasteiger partial charge is 0.349 e. The molecular formula is C17H28O3S. The lowest BCUT2D eigenvalue weighted by atomic mass is 10.1. The summed E-state index contributed by atoms with van der Waals surface area (Å²) in [4.78, 5) is 12.6. The standard InChI is InChI=1S/C17H28O3S/c1-4-5-6-7-8-9-10-11-20-14-12-15(13(2)3)21-16(14)17(18)19/h12-13H,4-11H2,1-3H3,(H,18,19). The predicted octanol–water partition coefficient (Wildman–Crippen LogP) is 5.70. The highest BCUT2D eigenvalue weighted by Crippen LogP contribution is 2.34. The number of rotatable bonds is 11. The van der Waals surface area contributed by atoms with Crippen LogP contribution in [0.4, 0.5) is 0 Å². The molecule has 0 saturated carbocycles. The Morgan fingerprint density at radius 2 is 1.81 bits per heavy atom. The average Bonchev–Trinajstić information content (AvgIpc) is 2.86. The van der Waals surface area contributed by atoms with Gasteiger partial charge >= 0.3 is 5.97 Å². The summed E-state index contributed by atoms with van der Waals surface area (Å²) in [6, 6.07) is 1.89. The van der Waals surface area contributed by atoms with Crippen LogP contribution in [0.3, 0.4) is 0 Å². The van der Waals surface area contributed by atoms with Crippen LogP contribution in [0.2, 0.25) is 0 Å². The molecule has 0 spiro atoms. The maximum atomic E-state index is 11.2. The van der Waals surface area contributed by atoms with Crippen molar-refractivity contribution in [2.75, 3.05) is 6.61 Å². The molecule has 0 unspecified atom stereocenters. The fourth-order valence-electron chi connectivity index (χ4n) is 2.17. The molecule has 0 aliphatic carbocycles. The van der Waals surface area contributed by atoms with E-state index >= 15 is 0 Å². The highest BCUT2D eigenvalue weighted by Gasteiger charge is 2.18. The molecular weight excluding hydrogens is 284 g/mol. The molecule has 1 aromatic heterocycles. The first-order valence-electron chi connectivity index (χ1n) is 8.06. The number of aromatic carboxylic acids is 1. The van der Waals surface area contributed by atoms with Gasteiger partial charge in [-0.15, -0.1) is 11.3 Å². The van der Waals surface area contributed by atoms with Gasteiger partial charge in [-0.2, -0.15) is 0 Å². The van der Waals surface area contributed by atoms with Gasteiger partial charge in [0, 0.05) is 4.88 Å². The van der Waals surface area contributed by atoms with Gasteiger partial charge in [-0.1, -0.05) is 59.3 Å². The summed E-state index contributed by atoms with van der Waals surface area (Å²) in [6.07, 6.45) is 8.62. The van der Waals surface area contributed by atoms with Crippen LogP contribution < -0.4 is 4.74 Å². The molecule has 0 aliphatic heterocycles. The zero-order valence-corrected chi connectivity index (χ0v) is 14.3. The van der Waals surface area contributed by atoms with Crippen LogP contribution in [0.15, 0.2) is 6.07 Å². The summed E-state index contributed by atoms with van der Waals surface area (Å²) in [5.74, 6) is -0.00679. The third-order valence-corrected chi connectivity index (χ3v) is 4.89. The van der Waals surface area contributed by atoms with E-state index in [1.54, 1.807) is 0 Å². The Bertz CT molecular complexity index is 424. The Hall–Kier alpha value is -1.03. The quantitative estimate of drug-likeness (QED) is 0.533. The van der Waals surface area contributed by atoms with Crippen LogP contribution in [-0.2, 0) is 0 Å². The van der Waals surface area contributed by atoms with Crippen molar-refractivity contribution >= 4 is 17.3 Å². The first kappa shape index (κ1) is 18.0. The second kappa shape index (κ2) is 9.82. The van der Waals surface area contributed by atoms with Gasteiger partial charge in [-0.3, -0.25) is 0 Å². The van der Waals surface area contributed by atoms with Crippen molar-refractivity contribution in [1.82, 2.24) is 0 Å². The normalized spacial score (nSPS) is 11.0. The number of hydrogen-bond acceptors (Lipinski definition) is 3. The lowest BCUT2D eigenvalue weighted by molar-refractivity contribution is 0.0698. The van der Waals surface area contributed by atoms with Gasteiger partial charge in [0.25, 0.3) is 0 Å². The van der Waals surface area contributed by atoms with Gasteiger partial charge in [0.1, 0.15) is 5.75 Å². The number of carboxylic acids is 1. The first-order chi connectivity index (χ1) is 10.1. The molecule has 1 N–H and O–H groups in total. The molecule has 0 atom stereocenters. The van der Waals surface area contributed by atoms with E-state index in [9.17, 15) is 9.90 Å². The fourth-order valence-corrected chi connectivity index (χ4v) is 3.12. The molecule has 0 saturated heterocycles. The summed E-state index contributed by atoms with van der Waals surface area (Å²) < 4.78 is 5.69. The van der Waals surface area contributed by atoms with E-state index in [-0.39, 0.29) is 0 Å². The van der Waals surface area contributed by atoms with Crippen LogP contribution in [0, 0.1) is 0 Å². The molecule has 0 fully saturated rings. The van der Waals surface area contributed by atoms with E-state index in [1.807, 2.05) is 6.07 Å². The van der Waals surface area contributed by atoms with Crippen LogP contribution in [0.5, 0.6) is 5.75 Å². The number of carbonyl (C=O) groups is 1. The largest absolute Gasteiger partial charge is 0.492 e. The molecule has 0 bridgehead atoms. The first-order valence-corrected chi connectivity index (χ1v) is 8.87. The highest BCUT2D eigenvalue weighted by molar-refractivity contribution is 7.14. The lowest BCUT2D eigenvalue weighted by Gasteiger charge is -2.05. The Morgan fingerprint density at radius 3 is 2.38 bits per heavy atom. The Morgan fingerprint density at radius 1 is 1.19 bits per heavy atom. The van der Waals surface area contributed by atoms with Gasteiger partial charge in [0.2, 0.25) is 0 Å². The monoisotopic (exact) mass is 312 g/mol. The van der Waals surface area contributed by atoms with Gasteiger partial charge in [-0.05, 0) is 18.4 Å². The zero-order valence-electron chi connectivity index (χ0n) is 13.5.